The lowest BCUT2D eigenvalue weighted by molar-refractivity contribution is -0.122. The van der Waals surface area contributed by atoms with Crippen molar-refractivity contribution in [2.24, 2.45) is 5.73 Å². The summed E-state index contributed by atoms with van der Waals surface area (Å²) in [5.41, 5.74) is 5.56. The number of amides is 1. The van der Waals surface area contributed by atoms with E-state index in [9.17, 15) is 4.79 Å². The molecule has 0 aliphatic carbocycles. The number of nitrogens with two attached hydrogens (primary N) is 1. The molecule has 1 saturated heterocycles. The molecule has 4 N–H and O–H groups in total. The van der Waals surface area contributed by atoms with Gasteiger partial charge < -0.3 is 16.4 Å². The van der Waals surface area contributed by atoms with E-state index < -0.39 is 0 Å². The van der Waals surface area contributed by atoms with Gasteiger partial charge in [-0.2, -0.15) is 0 Å². The highest BCUT2D eigenvalue weighted by atomic mass is 35.5. The third-order valence-electron chi connectivity index (χ3n) is 2.45. The summed E-state index contributed by atoms with van der Waals surface area (Å²) in [4.78, 5) is 11.4. The molecule has 2 atom stereocenters. The molecule has 0 bridgehead atoms. The minimum atomic E-state index is -0.0427. The molecule has 1 rings (SSSR count). The number of halogens is 1. The van der Waals surface area contributed by atoms with E-state index in [1.54, 1.807) is 0 Å². The van der Waals surface area contributed by atoms with Gasteiger partial charge in [-0.1, -0.05) is 0 Å². The van der Waals surface area contributed by atoms with E-state index in [0.29, 0.717) is 12.5 Å². The second kappa shape index (κ2) is 7.91. The third kappa shape index (κ3) is 6.71. The molecule has 1 aliphatic rings. The van der Waals surface area contributed by atoms with E-state index in [1.165, 1.54) is 0 Å². The number of carbonyl (C=O) groups excluding carboxylic acids is 1. The van der Waals surface area contributed by atoms with E-state index in [2.05, 4.69) is 10.6 Å². The Hall–Kier alpha value is -0.320. The largest absolute Gasteiger partial charge is 0.353 e. The Morgan fingerprint density at radius 1 is 1.53 bits per heavy atom. The molecule has 15 heavy (non-hydrogen) atoms. The average molecular weight is 236 g/mol. The van der Waals surface area contributed by atoms with Gasteiger partial charge in [-0.15, -0.1) is 12.4 Å². The summed E-state index contributed by atoms with van der Waals surface area (Å²) in [5, 5.41) is 6.35. The van der Waals surface area contributed by atoms with Crippen LogP contribution in [-0.4, -0.2) is 31.1 Å². The van der Waals surface area contributed by atoms with Gasteiger partial charge in [0, 0.05) is 18.5 Å². The Kier molecular flexibility index (Phi) is 7.74. The molecule has 0 aromatic carbocycles. The van der Waals surface area contributed by atoms with Gasteiger partial charge in [-0.05, 0) is 39.3 Å². The smallest absolute Gasteiger partial charge is 0.221 e. The summed E-state index contributed by atoms with van der Waals surface area (Å²) in [6, 6.07) is 0.301. The lowest BCUT2D eigenvalue weighted by Gasteiger charge is -2.16. The van der Waals surface area contributed by atoms with Crippen LogP contribution in [0, 0.1) is 0 Å². The summed E-state index contributed by atoms with van der Waals surface area (Å²) in [6.07, 6.45) is 3.69. The van der Waals surface area contributed by atoms with E-state index in [1.807, 2.05) is 6.92 Å². The molecular weight excluding hydrogens is 214 g/mol. The van der Waals surface area contributed by atoms with Crippen LogP contribution in [-0.2, 0) is 4.79 Å². The molecule has 0 aromatic rings. The average Bonchev–Trinajstić information content (AvgIpc) is 2.31. The van der Waals surface area contributed by atoms with Crippen LogP contribution in [0.5, 0.6) is 0 Å². The Bertz CT molecular complexity index is 180. The van der Waals surface area contributed by atoms with Crippen molar-refractivity contribution in [3.63, 3.8) is 0 Å². The minimum Gasteiger partial charge on any atom is -0.353 e. The topological polar surface area (TPSA) is 67.2 Å². The fourth-order valence-electron chi connectivity index (χ4n) is 1.74. The number of rotatable bonds is 3. The van der Waals surface area contributed by atoms with Crippen molar-refractivity contribution in [3.8, 4) is 0 Å². The van der Waals surface area contributed by atoms with Crippen molar-refractivity contribution in [2.45, 2.75) is 44.7 Å². The molecule has 1 fully saturated rings. The van der Waals surface area contributed by atoms with Crippen LogP contribution in [0.1, 0.15) is 32.6 Å². The van der Waals surface area contributed by atoms with Crippen molar-refractivity contribution < 1.29 is 4.79 Å². The van der Waals surface area contributed by atoms with Crippen LogP contribution in [0.4, 0.5) is 0 Å². The van der Waals surface area contributed by atoms with Gasteiger partial charge in [-0.3, -0.25) is 4.79 Å². The van der Waals surface area contributed by atoms with Crippen molar-refractivity contribution in [3.05, 3.63) is 0 Å². The van der Waals surface area contributed by atoms with Gasteiger partial charge >= 0.3 is 0 Å². The summed E-state index contributed by atoms with van der Waals surface area (Å²) >= 11 is 0. The SMILES string of the molecule is CC(N)CC(=O)NC1CCCNCC1.Cl. The first-order chi connectivity index (χ1) is 6.68. The van der Waals surface area contributed by atoms with E-state index in [-0.39, 0.29) is 24.4 Å². The standard InChI is InChI=1S/C10H21N3O.ClH/c1-8(11)7-10(14)13-9-3-2-5-12-6-4-9;/h8-9,12H,2-7,11H2,1H3,(H,13,14);1H. The van der Waals surface area contributed by atoms with Crippen molar-refractivity contribution >= 4 is 18.3 Å². The minimum absolute atomic E-state index is 0. The van der Waals surface area contributed by atoms with Gasteiger partial charge in [0.25, 0.3) is 0 Å². The fraction of sp³-hybridized carbons (Fsp3) is 0.900. The number of carbonyl (C=O) groups is 1. The molecular formula is C10H22ClN3O. The van der Waals surface area contributed by atoms with E-state index >= 15 is 0 Å². The third-order valence-corrected chi connectivity index (χ3v) is 2.45. The molecule has 1 aliphatic heterocycles. The number of hydrogen-bond donors (Lipinski definition) is 3. The highest BCUT2D eigenvalue weighted by Crippen LogP contribution is 2.05. The van der Waals surface area contributed by atoms with Gasteiger partial charge in [0.15, 0.2) is 0 Å². The summed E-state index contributed by atoms with van der Waals surface area (Å²) in [5.74, 6) is 0.0897. The molecule has 90 valence electrons. The summed E-state index contributed by atoms with van der Waals surface area (Å²) < 4.78 is 0. The Morgan fingerprint density at radius 3 is 2.93 bits per heavy atom. The molecule has 0 spiro atoms. The van der Waals surface area contributed by atoms with Crippen LogP contribution >= 0.6 is 12.4 Å². The molecule has 1 amide bonds. The second-order valence-electron chi connectivity index (χ2n) is 4.13. The van der Waals surface area contributed by atoms with Crippen LogP contribution in [0.3, 0.4) is 0 Å². The first-order valence-corrected chi connectivity index (χ1v) is 5.44. The van der Waals surface area contributed by atoms with Gasteiger partial charge in [0.05, 0.1) is 0 Å². The van der Waals surface area contributed by atoms with Crippen LogP contribution < -0.4 is 16.4 Å². The van der Waals surface area contributed by atoms with E-state index in [0.717, 1.165) is 32.4 Å². The molecule has 1 heterocycles. The fourth-order valence-corrected chi connectivity index (χ4v) is 1.74. The molecule has 2 unspecified atom stereocenters. The highest BCUT2D eigenvalue weighted by Gasteiger charge is 2.14. The molecule has 0 saturated carbocycles. The van der Waals surface area contributed by atoms with Crippen LogP contribution in [0.25, 0.3) is 0 Å². The quantitative estimate of drug-likeness (QED) is 0.664. The lowest BCUT2D eigenvalue weighted by Crippen LogP contribution is -2.38. The molecule has 0 aromatic heterocycles. The zero-order valence-corrected chi connectivity index (χ0v) is 10.1. The van der Waals surface area contributed by atoms with Crippen molar-refractivity contribution in [2.75, 3.05) is 13.1 Å². The van der Waals surface area contributed by atoms with Crippen molar-refractivity contribution in [1.82, 2.24) is 10.6 Å². The van der Waals surface area contributed by atoms with E-state index in [4.69, 9.17) is 5.73 Å². The summed E-state index contributed by atoms with van der Waals surface area (Å²) in [6.45, 7) is 3.93. The molecule has 0 radical (unpaired) electrons. The number of nitrogens with one attached hydrogen (secondary N) is 2. The number of hydrogen-bond acceptors (Lipinski definition) is 3. The normalized spacial score (nSPS) is 23.5. The molecule has 5 heteroatoms. The Labute approximate surface area is 97.8 Å². The monoisotopic (exact) mass is 235 g/mol. The zero-order valence-electron chi connectivity index (χ0n) is 9.29. The predicted molar refractivity (Wildman–Crippen MR) is 64.2 cm³/mol. The zero-order chi connectivity index (χ0) is 10.4. The maximum atomic E-state index is 11.4. The molecule has 4 nitrogen and oxygen atoms in total. The Balaban J connectivity index is 0.00000196. The van der Waals surface area contributed by atoms with Crippen LogP contribution in [0.15, 0.2) is 0 Å². The van der Waals surface area contributed by atoms with Gasteiger partial charge in [0.1, 0.15) is 0 Å². The van der Waals surface area contributed by atoms with Gasteiger partial charge in [0.2, 0.25) is 5.91 Å². The first kappa shape index (κ1) is 14.7. The first-order valence-electron chi connectivity index (χ1n) is 5.44. The second-order valence-corrected chi connectivity index (χ2v) is 4.13. The maximum absolute atomic E-state index is 11.4. The Morgan fingerprint density at radius 2 is 2.27 bits per heavy atom. The maximum Gasteiger partial charge on any atom is 0.221 e. The van der Waals surface area contributed by atoms with Crippen LogP contribution in [0.2, 0.25) is 0 Å². The lowest BCUT2D eigenvalue weighted by atomic mass is 10.1. The predicted octanol–water partition coefficient (Wildman–Crippen LogP) is 0.404. The van der Waals surface area contributed by atoms with Crippen molar-refractivity contribution in [1.29, 1.82) is 0 Å². The summed E-state index contributed by atoms with van der Waals surface area (Å²) in [7, 11) is 0. The highest BCUT2D eigenvalue weighted by molar-refractivity contribution is 5.85. The van der Waals surface area contributed by atoms with Gasteiger partial charge in [-0.25, -0.2) is 0 Å².